The van der Waals surface area contributed by atoms with Crippen molar-refractivity contribution in [3.05, 3.63) is 59.5 Å². The van der Waals surface area contributed by atoms with Crippen LogP contribution in [0.4, 0.5) is 9.93 Å². The molecule has 1 atom stereocenters. The van der Waals surface area contributed by atoms with Gasteiger partial charge in [0.1, 0.15) is 7.85 Å². The normalized spacial score (nSPS) is 15.9. The Hall–Kier alpha value is -4.03. The van der Waals surface area contributed by atoms with Crippen molar-refractivity contribution in [2.24, 2.45) is 0 Å². The van der Waals surface area contributed by atoms with Crippen molar-refractivity contribution < 1.29 is 19.1 Å². The van der Waals surface area contributed by atoms with Gasteiger partial charge in [0.2, 0.25) is 0 Å². The number of pyridine rings is 1. The quantitative estimate of drug-likeness (QED) is 0.386. The summed E-state index contributed by atoms with van der Waals surface area (Å²) in [6.07, 6.45) is 5.32. The number of anilines is 1. The molecule has 10 nitrogen and oxygen atoms in total. The highest BCUT2D eigenvalue weighted by atomic mass is 32.1. The first-order valence-corrected chi connectivity index (χ1v) is 13.6. The van der Waals surface area contributed by atoms with Gasteiger partial charge in [0.05, 0.1) is 47.4 Å². The molecule has 1 fully saturated rings. The van der Waals surface area contributed by atoms with E-state index in [1.54, 1.807) is 11.1 Å². The lowest BCUT2D eigenvalue weighted by Crippen LogP contribution is -2.37. The second-order valence-corrected chi connectivity index (χ2v) is 10.7. The number of carbonyl (C=O) groups is 2. The van der Waals surface area contributed by atoms with Crippen LogP contribution < -0.4 is 10.8 Å². The highest BCUT2D eigenvalue weighted by Gasteiger charge is 2.31. The molecule has 1 N–H and O–H groups in total. The number of benzene rings is 1. The molecule has 0 radical (unpaired) electrons. The number of thiazole rings is 1. The number of nitrogens with one attached hydrogen (secondary N) is 1. The van der Waals surface area contributed by atoms with E-state index in [0.29, 0.717) is 23.9 Å². The zero-order valence-electron chi connectivity index (χ0n) is 21.9. The first-order valence-electron chi connectivity index (χ1n) is 12.8. The third kappa shape index (κ3) is 4.59. The van der Waals surface area contributed by atoms with Crippen LogP contribution in [-0.4, -0.2) is 77.9 Å². The minimum Gasteiger partial charge on any atom is -0.453 e. The third-order valence-corrected chi connectivity index (χ3v) is 8.30. The van der Waals surface area contributed by atoms with Gasteiger partial charge in [-0.1, -0.05) is 22.9 Å². The zero-order valence-corrected chi connectivity index (χ0v) is 22.7. The summed E-state index contributed by atoms with van der Waals surface area (Å²) < 4.78 is 12.2. The molecule has 39 heavy (non-hydrogen) atoms. The van der Waals surface area contributed by atoms with Crippen LogP contribution in [0.1, 0.15) is 28.0 Å². The predicted octanol–water partition coefficient (Wildman–Crippen LogP) is 2.45. The van der Waals surface area contributed by atoms with E-state index in [2.05, 4.69) is 15.3 Å². The summed E-state index contributed by atoms with van der Waals surface area (Å²) in [6.45, 7) is 1.25. The fraction of sp³-hybridized carbons (Fsp3) is 0.296. The number of ether oxygens (including phenoxy) is 2. The van der Waals surface area contributed by atoms with Gasteiger partial charge >= 0.3 is 6.09 Å². The molecule has 0 spiro atoms. The Kier molecular flexibility index (Phi) is 6.65. The van der Waals surface area contributed by atoms with Crippen LogP contribution in [-0.2, 0) is 22.3 Å². The second-order valence-electron chi connectivity index (χ2n) is 9.68. The largest absolute Gasteiger partial charge is 0.453 e. The fourth-order valence-corrected chi connectivity index (χ4v) is 6.25. The Morgan fingerprint density at radius 3 is 2.87 bits per heavy atom. The smallest absolute Gasteiger partial charge is 0.413 e. The van der Waals surface area contributed by atoms with E-state index < -0.39 is 6.09 Å². The monoisotopic (exact) mass is 542 g/mol. The van der Waals surface area contributed by atoms with E-state index in [1.807, 2.05) is 56.1 Å². The summed E-state index contributed by atoms with van der Waals surface area (Å²) >= 11 is 1.40. The molecule has 1 aromatic carbocycles. The van der Waals surface area contributed by atoms with Gasteiger partial charge in [-0.2, -0.15) is 5.10 Å². The molecule has 1 unspecified atom stereocenters. The number of likely N-dealkylation sites (N-methyl/N-ethyl adjacent to an activating group) is 1. The lowest BCUT2D eigenvalue weighted by atomic mass is 9.91. The lowest BCUT2D eigenvalue weighted by molar-refractivity contribution is 0.0711. The average molecular weight is 542 g/mol. The van der Waals surface area contributed by atoms with Gasteiger partial charge in [-0.3, -0.25) is 15.1 Å². The van der Waals surface area contributed by atoms with Crippen molar-refractivity contribution in [3.63, 3.8) is 0 Å². The number of hydrogen-bond donors (Lipinski definition) is 1. The van der Waals surface area contributed by atoms with Crippen LogP contribution in [0, 0.1) is 0 Å². The van der Waals surface area contributed by atoms with Gasteiger partial charge in [-0.15, -0.1) is 0 Å². The molecule has 3 aromatic heterocycles. The Morgan fingerprint density at radius 1 is 1.28 bits per heavy atom. The van der Waals surface area contributed by atoms with Gasteiger partial charge in [-0.25, -0.2) is 14.5 Å². The summed E-state index contributed by atoms with van der Waals surface area (Å²) in [4.78, 5) is 36.8. The van der Waals surface area contributed by atoms with E-state index in [-0.39, 0.29) is 11.9 Å². The lowest BCUT2D eigenvalue weighted by Gasteiger charge is -2.23. The molecule has 6 rings (SSSR count). The van der Waals surface area contributed by atoms with Crippen molar-refractivity contribution in [1.82, 2.24) is 24.6 Å². The Labute approximate surface area is 230 Å². The van der Waals surface area contributed by atoms with E-state index in [4.69, 9.17) is 14.6 Å². The van der Waals surface area contributed by atoms with Gasteiger partial charge in [0.15, 0.2) is 5.13 Å². The maximum absolute atomic E-state index is 13.2. The summed E-state index contributed by atoms with van der Waals surface area (Å²) in [5, 5.41) is 8.26. The highest BCUT2D eigenvalue weighted by Crippen LogP contribution is 2.44. The number of aryl methyl sites for hydroxylation is 1. The molecule has 2 amide bonds. The van der Waals surface area contributed by atoms with Gasteiger partial charge in [-0.05, 0) is 43.5 Å². The first-order chi connectivity index (χ1) is 18.9. The number of methoxy groups -OCH3 is 1. The number of rotatable bonds is 5. The Morgan fingerprint density at radius 2 is 2.15 bits per heavy atom. The number of amides is 2. The third-order valence-electron chi connectivity index (χ3n) is 7.28. The van der Waals surface area contributed by atoms with Crippen LogP contribution in [0.5, 0.6) is 0 Å². The average Bonchev–Trinajstić information content (AvgIpc) is 3.71. The number of nitrogens with zero attached hydrogens (tertiary/aromatic N) is 5. The molecular formula is C27H27BN6O4S. The second kappa shape index (κ2) is 10.3. The van der Waals surface area contributed by atoms with E-state index in [9.17, 15) is 9.59 Å². The van der Waals surface area contributed by atoms with Crippen LogP contribution in [0.15, 0.2) is 42.7 Å². The molecule has 4 heterocycles. The number of fused-ring (bicyclic) bond motifs is 3. The zero-order chi connectivity index (χ0) is 27.1. The summed E-state index contributed by atoms with van der Waals surface area (Å²) in [6, 6.07) is 9.72. The number of aromatic nitrogens is 4. The van der Waals surface area contributed by atoms with Crippen molar-refractivity contribution >= 4 is 41.8 Å². The SMILES string of the molecule is Bc1cc(C(=O)N(C)C2CCOC2)ccc1-n1nc(-c2cccnc2)c2c1-c1sc(NC(=O)OC)nc1CC2. The van der Waals surface area contributed by atoms with Crippen molar-refractivity contribution in [1.29, 1.82) is 0 Å². The van der Waals surface area contributed by atoms with Crippen molar-refractivity contribution in [2.75, 3.05) is 32.7 Å². The minimum atomic E-state index is -0.559. The van der Waals surface area contributed by atoms with Gasteiger partial charge in [0, 0.05) is 42.7 Å². The Bertz CT molecular complexity index is 1560. The van der Waals surface area contributed by atoms with Gasteiger partial charge in [0.25, 0.3) is 5.91 Å². The summed E-state index contributed by atoms with van der Waals surface area (Å²) in [5.41, 5.74) is 7.15. The summed E-state index contributed by atoms with van der Waals surface area (Å²) in [5.74, 6) is -0.0260. The number of hydrogen-bond acceptors (Lipinski definition) is 8. The Balaban J connectivity index is 1.44. The molecule has 0 saturated carbocycles. The molecule has 1 aliphatic heterocycles. The van der Waals surface area contributed by atoms with Crippen LogP contribution in [0.25, 0.3) is 27.5 Å². The highest BCUT2D eigenvalue weighted by molar-refractivity contribution is 7.19. The molecule has 198 valence electrons. The van der Waals surface area contributed by atoms with Crippen LogP contribution in [0.3, 0.4) is 0 Å². The summed E-state index contributed by atoms with van der Waals surface area (Å²) in [7, 11) is 5.15. The molecule has 0 bridgehead atoms. The molecule has 1 aliphatic carbocycles. The maximum Gasteiger partial charge on any atom is 0.413 e. The molecule has 2 aliphatic rings. The van der Waals surface area contributed by atoms with E-state index >= 15 is 0 Å². The minimum absolute atomic E-state index is 0.0260. The predicted molar refractivity (Wildman–Crippen MR) is 151 cm³/mol. The van der Waals surface area contributed by atoms with Crippen LogP contribution in [0.2, 0.25) is 0 Å². The molecular weight excluding hydrogens is 515 g/mol. The molecule has 4 aromatic rings. The topological polar surface area (TPSA) is 111 Å². The fourth-order valence-electron chi connectivity index (χ4n) is 5.19. The van der Waals surface area contributed by atoms with Crippen molar-refractivity contribution in [2.45, 2.75) is 25.3 Å². The standard InChI is InChI=1S/C27H27BN6O4S/c1-33(17-9-11-38-14-17)25(35)15-5-8-21(19(28)12-15)34-23-18(22(32-34)16-4-3-10-29-13-16)6-7-20-24(23)39-26(30-20)31-27(36)37-2/h3-5,8,10,12-13,17H,6-7,9,11,14,28H2,1-2H3,(H,30,31,36). The maximum atomic E-state index is 13.2. The van der Waals surface area contributed by atoms with E-state index in [0.717, 1.165) is 63.5 Å². The number of carbonyl (C=O) groups excluding carboxylic acids is 2. The first kappa shape index (κ1) is 25.3. The molecule has 1 saturated heterocycles. The molecule has 12 heteroatoms. The van der Waals surface area contributed by atoms with Gasteiger partial charge < -0.3 is 14.4 Å². The van der Waals surface area contributed by atoms with Crippen LogP contribution >= 0.6 is 11.3 Å². The van der Waals surface area contributed by atoms with Crippen molar-refractivity contribution in [3.8, 4) is 27.5 Å². The van der Waals surface area contributed by atoms with E-state index in [1.165, 1.54) is 18.4 Å².